The molecular weight excluding hydrogens is 344 g/mol. The topological polar surface area (TPSA) is 27.1 Å². The molecule has 3 nitrogen and oxygen atoms in total. The lowest BCUT2D eigenvalue weighted by molar-refractivity contribution is 0.211. The third-order valence-corrected chi connectivity index (χ3v) is 4.91. The third kappa shape index (κ3) is 4.59. The van der Waals surface area contributed by atoms with Gasteiger partial charge in [0.2, 0.25) is 0 Å². The summed E-state index contributed by atoms with van der Waals surface area (Å²) in [6.07, 6.45) is 6.18. The van der Waals surface area contributed by atoms with E-state index in [-0.39, 0.29) is 6.10 Å². The number of hydrogen-bond donors (Lipinski definition) is 0. The second-order valence-electron chi connectivity index (χ2n) is 6.74. The highest BCUT2D eigenvalue weighted by Crippen LogP contribution is 2.26. The molecule has 1 unspecified atom stereocenters. The average molecular weight is 371 g/mol. The summed E-state index contributed by atoms with van der Waals surface area (Å²) in [7, 11) is 0. The van der Waals surface area contributed by atoms with Crippen molar-refractivity contribution in [3.63, 3.8) is 0 Å². The van der Waals surface area contributed by atoms with Crippen molar-refractivity contribution >= 4 is 22.6 Å². The summed E-state index contributed by atoms with van der Waals surface area (Å²) < 4.78 is 8.45. The largest absolute Gasteiger partial charge is 0.483 e. The van der Waals surface area contributed by atoms with Crippen LogP contribution < -0.4 is 4.74 Å². The van der Waals surface area contributed by atoms with Crippen molar-refractivity contribution < 1.29 is 4.74 Å². The fourth-order valence-electron chi connectivity index (χ4n) is 3.28. The first kappa shape index (κ1) is 18.8. The summed E-state index contributed by atoms with van der Waals surface area (Å²) in [5.41, 5.74) is 2.21. The summed E-state index contributed by atoms with van der Waals surface area (Å²) in [5, 5.41) is 0.712. The van der Waals surface area contributed by atoms with Crippen molar-refractivity contribution in [1.29, 1.82) is 0 Å². The normalized spacial score (nSPS) is 12.4. The summed E-state index contributed by atoms with van der Waals surface area (Å²) >= 11 is 5.97. The smallest absolute Gasteiger partial charge is 0.153 e. The van der Waals surface area contributed by atoms with E-state index >= 15 is 0 Å². The molecule has 0 spiro atoms. The Labute approximate surface area is 161 Å². The standard InChI is InChI=1S/C22H27ClN2O/c1-3-4-5-6-9-16-25-21-11-8-7-10-20(21)24-22(25)17(2)26-19-14-12-18(23)13-15-19/h7-8,10-15,17H,3-6,9,16H2,1-2H3. The monoisotopic (exact) mass is 370 g/mol. The number of fused-ring (bicyclic) bond motifs is 1. The van der Waals surface area contributed by atoms with Crippen molar-refractivity contribution in [1.82, 2.24) is 9.55 Å². The molecule has 4 heteroatoms. The zero-order valence-electron chi connectivity index (χ0n) is 15.6. The van der Waals surface area contributed by atoms with E-state index in [4.69, 9.17) is 21.3 Å². The molecule has 0 amide bonds. The highest BCUT2D eigenvalue weighted by Gasteiger charge is 2.17. The van der Waals surface area contributed by atoms with E-state index in [1.54, 1.807) is 0 Å². The second kappa shape index (κ2) is 9.09. The van der Waals surface area contributed by atoms with Crippen molar-refractivity contribution in [2.24, 2.45) is 0 Å². The van der Waals surface area contributed by atoms with Crippen LogP contribution in [0.2, 0.25) is 5.02 Å². The Balaban J connectivity index is 1.79. The van der Waals surface area contributed by atoms with E-state index in [0.717, 1.165) is 23.6 Å². The van der Waals surface area contributed by atoms with Crippen LogP contribution in [0.4, 0.5) is 0 Å². The Morgan fingerprint density at radius 1 is 1.00 bits per heavy atom. The van der Waals surface area contributed by atoms with Crippen LogP contribution in [0, 0.1) is 0 Å². The van der Waals surface area contributed by atoms with Gasteiger partial charge in [0.15, 0.2) is 11.9 Å². The molecule has 0 saturated carbocycles. The van der Waals surface area contributed by atoms with Crippen LogP contribution in [0.1, 0.15) is 57.9 Å². The first-order chi connectivity index (χ1) is 12.7. The van der Waals surface area contributed by atoms with Crippen molar-refractivity contribution in [2.75, 3.05) is 0 Å². The molecule has 1 aromatic heterocycles. The SMILES string of the molecule is CCCCCCCn1c(C(C)Oc2ccc(Cl)cc2)nc2ccccc21. The fraction of sp³-hybridized carbons (Fsp3) is 0.409. The Kier molecular flexibility index (Phi) is 6.56. The van der Waals surface area contributed by atoms with Gasteiger partial charge in [-0.05, 0) is 49.7 Å². The minimum Gasteiger partial charge on any atom is -0.483 e. The Morgan fingerprint density at radius 3 is 2.50 bits per heavy atom. The van der Waals surface area contributed by atoms with E-state index in [0.29, 0.717) is 5.02 Å². The maximum Gasteiger partial charge on any atom is 0.153 e. The third-order valence-electron chi connectivity index (χ3n) is 4.66. The van der Waals surface area contributed by atoms with E-state index in [9.17, 15) is 0 Å². The van der Waals surface area contributed by atoms with Crippen molar-refractivity contribution in [3.8, 4) is 5.75 Å². The lowest BCUT2D eigenvalue weighted by Gasteiger charge is -2.17. The molecule has 0 aliphatic carbocycles. The number of hydrogen-bond acceptors (Lipinski definition) is 2. The van der Waals surface area contributed by atoms with Crippen LogP contribution >= 0.6 is 11.6 Å². The second-order valence-corrected chi connectivity index (χ2v) is 7.18. The van der Waals surface area contributed by atoms with E-state index < -0.39 is 0 Å². The van der Waals surface area contributed by atoms with Gasteiger partial charge >= 0.3 is 0 Å². The van der Waals surface area contributed by atoms with Gasteiger partial charge in [-0.15, -0.1) is 0 Å². The predicted molar refractivity (Wildman–Crippen MR) is 109 cm³/mol. The van der Waals surface area contributed by atoms with E-state index in [2.05, 4.69) is 36.6 Å². The average Bonchev–Trinajstić information content (AvgIpc) is 3.02. The molecular formula is C22H27ClN2O. The number of aromatic nitrogens is 2. The molecule has 3 aromatic rings. The molecule has 0 aliphatic rings. The summed E-state index contributed by atoms with van der Waals surface area (Å²) in [4.78, 5) is 4.85. The Morgan fingerprint density at radius 2 is 1.73 bits per heavy atom. The van der Waals surface area contributed by atoms with Crippen LogP contribution in [0.25, 0.3) is 11.0 Å². The number of imidazole rings is 1. The fourth-order valence-corrected chi connectivity index (χ4v) is 3.41. The maximum atomic E-state index is 6.13. The van der Waals surface area contributed by atoms with Gasteiger partial charge in [-0.3, -0.25) is 0 Å². The molecule has 0 N–H and O–H groups in total. The zero-order chi connectivity index (χ0) is 18.4. The molecule has 0 saturated heterocycles. The molecule has 1 heterocycles. The highest BCUT2D eigenvalue weighted by molar-refractivity contribution is 6.30. The van der Waals surface area contributed by atoms with Gasteiger partial charge in [-0.1, -0.05) is 56.3 Å². The quantitative estimate of drug-likeness (QED) is 0.387. The summed E-state index contributed by atoms with van der Waals surface area (Å²) in [6, 6.07) is 15.8. The van der Waals surface area contributed by atoms with Crippen LogP contribution in [-0.2, 0) is 6.54 Å². The minimum atomic E-state index is -0.126. The number of aryl methyl sites for hydroxylation is 1. The zero-order valence-corrected chi connectivity index (χ0v) is 16.4. The molecule has 3 rings (SSSR count). The van der Waals surface area contributed by atoms with Gasteiger partial charge < -0.3 is 9.30 Å². The van der Waals surface area contributed by atoms with Gasteiger partial charge in [0, 0.05) is 11.6 Å². The number of benzene rings is 2. The van der Waals surface area contributed by atoms with Crippen LogP contribution in [-0.4, -0.2) is 9.55 Å². The molecule has 138 valence electrons. The number of nitrogens with zero attached hydrogens (tertiary/aromatic N) is 2. The predicted octanol–water partition coefficient (Wildman–Crippen LogP) is 6.80. The molecule has 0 bridgehead atoms. The van der Waals surface area contributed by atoms with Gasteiger partial charge in [-0.2, -0.15) is 0 Å². The first-order valence-electron chi connectivity index (χ1n) is 9.56. The van der Waals surface area contributed by atoms with Gasteiger partial charge in [0.05, 0.1) is 11.0 Å². The number of unbranched alkanes of at least 4 members (excludes halogenated alkanes) is 4. The molecule has 0 aliphatic heterocycles. The first-order valence-corrected chi connectivity index (χ1v) is 9.94. The van der Waals surface area contributed by atoms with E-state index in [1.807, 2.05) is 30.3 Å². The number of ether oxygens (including phenoxy) is 1. The van der Waals surface area contributed by atoms with Crippen LogP contribution in [0.5, 0.6) is 5.75 Å². The molecule has 0 radical (unpaired) electrons. The van der Waals surface area contributed by atoms with E-state index in [1.165, 1.54) is 37.6 Å². The Bertz CT molecular complexity index is 826. The van der Waals surface area contributed by atoms with Crippen molar-refractivity contribution in [3.05, 3.63) is 59.4 Å². The van der Waals surface area contributed by atoms with Crippen LogP contribution in [0.15, 0.2) is 48.5 Å². The van der Waals surface area contributed by atoms with Crippen molar-refractivity contribution in [2.45, 2.75) is 58.6 Å². The maximum absolute atomic E-state index is 6.13. The minimum absolute atomic E-state index is 0.126. The lowest BCUT2D eigenvalue weighted by atomic mass is 10.1. The number of halogens is 1. The van der Waals surface area contributed by atoms with Gasteiger partial charge in [-0.25, -0.2) is 4.98 Å². The van der Waals surface area contributed by atoms with Gasteiger partial charge in [0.1, 0.15) is 5.75 Å². The Hall–Kier alpha value is -2.00. The van der Waals surface area contributed by atoms with Crippen LogP contribution in [0.3, 0.4) is 0 Å². The molecule has 26 heavy (non-hydrogen) atoms. The highest BCUT2D eigenvalue weighted by atomic mass is 35.5. The van der Waals surface area contributed by atoms with Gasteiger partial charge in [0.25, 0.3) is 0 Å². The summed E-state index contributed by atoms with van der Waals surface area (Å²) in [6.45, 7) is 5.29. The summed E-state index contributed by atoms with van der Waals surface area (Å²) in [5.74, 6) is 1.79. The molecule has 0 fully saturated rings. The number of rotatable bonds is 9. The number of para-hydroxylation sites is 2. The lowest BCUT2D eigenvalue weighted by Crippen LogP contribution is -2.12. The molecule has 2 aromatic carbocycles. The molecule has 1 atom stereocenters.